The van der Waals surface area contributed by atoms with Crippen LogP contribution in [0, 0.1) is 12.3 Å². The summed E-state index contributed by atoms with van der Waals surface area (Å²) in [5, 5.41) is 3.55. The van der Waals surface area contributed by atoms with E-state index in [4.69, 9.17) is 11.2 Å². The van der Waals surface area contributed by atoms with Gasteiger partial charge in [-0.25, -0.2) is 0 Å². The molecule has 2 nitrogen and oxygen atoms in total. The molecule has 2 heteroatoms. The van der Waals surface area contributed by atoms with Gasteiger partial charge in [0.1, 0.15) is 0 Å². The lowest BCUT2D eigenvalue weighted by Gasteiger charge is -2.29. The summed E-state index contributed by atoms with van der Waals surface area (Å²) in [5.74, 6) is 2.83. The van der Waals surface area contributed by atoms with E-state index < -0.39 is 0 Å². The fraction of sp³-hybridized carbons (Fsp3) is 0.857. The van der Waals surface area contributed by atoms with Gasteiger partial charge in [-0.3, -0.25) is 5.32 Å². The first-order valence-corrected chi connectivity index (χ1v) is 6.23. The highest BCUT2D eigenvalue weighted by molar-refractivity contribution is 5.05. The Labute approximate surface area is 100 Å². The Morgan fingerprint density at radius 1 is 1.44 bits per heavy atom. The third-order valence-corrected chi connectivity index (χ3v) is 3.26. The second-order valence-electron chi connectivity index (χ2n) is 5.90. The van der Waals surface area contributed by atoms with Crippen LogP contribution in [0.5, 0.6) is 0 Å². The van der Waals surface area contributed by atoms with E-state index in [1.54, 1.807) is 0 Å². The standard InChI is InChI=1S/C14H25NO/c1-7-9-11(8-2)15-12-10-13(3,4)16-14(12,5)6/h2,11-12,15H,7,9-10H2,1,3-6H3. The summed E-state index contributed by atoms with van der Waals surface area (Å²) in [5.41, 5.74) is -0.182. The van der Waals surface area contributed by atoms with E-state index in [1.807, 2.05) is 0 Å². The molecule has 1 saturated heterocycles. The summed E-state index contributed by atoms with van der Waals surface area (Å²) >= 11 is 0. The van der Waals surface area contributed by atoms with Crippen molar-refractivity contribution in [1.29, 1.82) is 0 Å². The largest absolute Gasteiger partial charge is 0.368 e. The average molecular weight is 223 g/mol. The lowest BCUT2D eigenvalue weighted by molar-refractivity contribution is -0.0701. The molecule has 1 aliphatic rings. The minimum absolute atomic E-state index is 0.0491. The first kappa shape index (κ1) is 13.5. The molecule has 1 N–H and O–H groups in total. The van der Waals surface area contributed by atoms with Gasteiger partial charge < -0.3 is 4.74 Å². The lowest BCUT2D eigenvalue weighted by atomic mass is 9.93. The number of nitrogens with one attached hydrogen (secondary N) is 1. The third-order valence-electron chi connectivity index (χ3n) is 3.26. The summed E-state index contributed by atoms with van der Waals surface area (Å²) in [6.45, 7) is 10.7. The van der Waals surface area contributed by atoms with Crippen LogP contribution in [-0.4, -0.2) is 23.3 Å². The Kier molecular flexibility index (Phi) is 4.04. The molecule has 2 unspecified atom stereocenters. The van der Waals surface area contributed by atoms with Crippen LogP contribution in [0.25, 0.3) is 0 Å². The number of hydrogen-bond donors (Lipinski definition) is 1. The molecule has 1 heterocycles. The van der Waals surface area contributed by atoms with Gasteiger partial charge in [0, 0.05) is 6.04 Å². The van der Waals surface area contributed by atoms with E-state index in [1.165, 1.54) is 0 Å². The SMILES string of the molecule is C#CC(CCC)NC1CC(C)(C)OC1(C)C. The van der Waals surface area contributed by atoms with Gasteiger partial charge in [-0.1, -0.05) is 19.3 Å². The van der Waals surface area contributed by atoms with E-state index in [0.29, 0.717) is 6.04 Å². The Bertz CT molecular complexity index is 275. The van der Waals surface area contributed by atoms with Crippen LogP contribution in [0.15, 0.2) is 0 Å². The molecule has 2 atom stereocenters. The molecule has 1 fully saturated rings. The van der Waals surface area contributed by atoms with Crippen molar-refractivity contribution in [3.8, 4) is 12.3 Å². The zero-order valence-electron chi connectivity index (χ0n) is 11.3. The van der Waals surface area contributed by atoms with Crippen LogP contribution >= 0.6 is 0 Å². The normalized spacial score (nSPS) is 28.6. The van der Waals surface area contributed by atoms with Crippen molar-refractivity contribution < 1.29 is 4.74 Å². The molecule has 1 aliphatic heterocycles. The quantitative estimate of drug-likeness (QED) is 0.740. The maximum Gasteiger partial charge on any atom is 0.0787 e. The molecule has 92 valence electrons. The molecule has 0 aliphatic carbocycles. The predicted octanol–water partition coefficient (Wildman–Crippen LogP) is 2.72. The smallest absolute Gasteiger partial charge is 0.0787 e. The van der Waals surface area contributed by atoms with E-state index >= 15 is 0 Å². The molecule has 0 amide bonds. The highest BCUT2D eigenvalue weighted by atomic mass is 16.5. The lowest BCUT2D eigenvalue weighted by Crippen LogP contribution is -2.47. The molecule has 0 saturated carbocycles. The van der Waals surface area contributed by atoms with Crippen molar-refractivity contribution >= 4 is 0 Å². The van der Waals surface area contributed by atoms with Crippen molar-refractivity contribution in [3.05, 3.63) is 0 Å². The molecular weight excluding hydrogens is 198 g/mol. The van der Waals surface area contributed by atoms with Gasteiger partial charge in [0.25, 0.3) is 0 Å². The van der Waals surface area contributed by atoms with E-state index in [9.17, 15) is 0 Å². The van der Waals surface area contributed by atoms with Crippen molar-refractivity contribution in [3.63, 3.8) is 0 Å². The van der Waals surface area contributed by atoms with E-state index in [0.717, 1.165) is 19.3 Å². The highest BCUT2D eigenvalue weighted by Crippen LogP contribution is 2.37. The zero-order valence-corrected chi connectivity index (χ0v) is 11.3. The summed E-state index contributed by atoms with van der Waals surface area (Å²) in [7, 11) is 0. The first-order chi connectivity index (χ1) is 7.30. The van der Waals surface area contributed by atoms with Gasteiger partial charge in [-0.15, -0.1) is 6.42 Å². The molecule has 0 aromatic heterocycles. The van der Waals surface area contributed by atoms with Crippen molar-refractivity contribution in [2.75, 3.05) is 0 Å². The van der Waals surface area contributed by atoms with Crippen LogP contribution < -0.4 is 5.32 Å². The predicted molar refractivity (Wildman–Crippen MR) is 68.3 cm³/mol. The zero-order chi connectivity index (χ0) is 12.4. The molecule has 0 bridgehead atoms. The van der Waals surface area contributed by atoms with Gasteiger partial charge >= 0.3 is 0 Å². The Balaban J connectivity index is 2.64. The molecule has 1 rings (SSSR count). The van der Waals surface area contributed by atoms with Crippen LogP contribution in [0.1, 0.15) is 53.9 Å². The fourth-order valence-corrected chi connectivity index (χ4v) is 2.57. The van der Waals surface area contributed by atoms with Crippen LogP contribution in [-0.2, 0) is 4.74 Å². The molecule has 16 heavy (non-hydrogen) atoms. The number of rotatable bonds is 4. The number of ether oxygens (including phenoxy) is 1. The number of terminal acetylenes is 1. The van der Waals surface area contributed by atoms with Gasteiger partial charge in [0.05, 0.1) is 17.2 Å². The second kappa shape index (κ2) is 4.77. The molecule has 0 radical (unpaired) electrons. The molecular formula is C14H25NO. The summed E-state index contributed by atoms with van der Waals surface area (Å²) in [6.07, 6.45) is 8.70. The maximum atomic E-state index is 6.04. The van der Waals surface area contributed by atoms with Crippen LogP contribution in [0.2, 0.25) is 0 Å². The Morgan fingerprint density at radius 3 is 2.44 bits per heavy atom. The fourth-order valence-electron chi connectivity index (χ4n) is 2.57. The van der Waals surface area contributed by atoms with Crippen molar-refractivity contribution in [2.24, 2.45) is 0 Å². The van der Waals surface area contributed by atoms with E-state index in [2.05, 4.69) is 45.9 Å². The summed E-state index contributed by atoms with van der Waals surface area (Å²) in [4.78, 5) is 0. The van der Waals surface area contributed by atoms with E-state index in [-0.39, 0.29) is 17.2 Å². The topological polar surface area (TPSA) is 21.3 Å². The molecule has 0 aromatic carbocycles. The van der Waals surface area contributed by atoms with Gasteiger partial charge in [0.15, 0.2) is 0 Å². The second-order valence-corrected chi connectivity index (χ2v) is 5.90. The van der Waals surface area contributed by atoms with Crippen LogP contribution in [0.3, 0.4) is 0 Å². The maximum absolute atomic E-state index is 6.04. The summed E-state index contributed by atoms with van der Waals surface area (Å²) in [6, 6.07) is 0.516. The van der Waals surface area contributed by atoms with Gasteiger partial charge in [0.2, 0.25) is 0 Å². The summed E-state index contributed by atoms with van der Waals surface area (Å²) < 4.78 is 6.04. The molecule has 0 spiro atoms. The minimum Gasteiger partial charge on any atom is -0.368 e. The van der Waals surface area contributed by atoms with Gasteiger partial charge in [-0.05, 0) is 40.5 Å². The van der Waals surface area contributed by atoms with Crippen LogP contribution in [0.4, 0.5) is 0 Å². The van der Waals surface area contributed by atoms with Crippen molar-refractivity contribution in [2.45, 2.75) is 77.2 Å². The monoisotopic (exact) mass is 223 g/mol. The van der Waals surface area contributed by atoms with Gasteiger partial charge in [-0.2, -0.15) is 0 Å². The first-order valence-electron chi connectivity index (χ1n) is 6.23. The Morgan fingerprint density at radius 2 is 2.06 bits per heavy atom. The average Bonchev–Trinajstić information content (AvgIpc) is 2.33. The number of hydrogen-bond acceptors (Lipinski definition) is 2. The highest BCUT2D eigenvalue weighted by Gasteiger charge is 2.46. The molecule has 0 aromatic rings. The van der Waals surface area contributed by atoms with Crippen molar-refractivity contribution in [1.82, 2.24) is 5.32 Å². The minimum atomic E-state index is -0.133. The Hall–Kier alpha value is -0.520. The third kappa shape index (κ3) is 3.23.